The Labute approximate surface area is 98.1 Å². The van der Waals surface area contributed by atoms with Crippen LogP contribution in [0.3, 0.4) is 0 Å². The molecule has 17 heavy (non-hydrogen) atoms. The molecule has 2 N–H and O–H groups in total. The molecule has 0 heterocycles. The van der Waals surface area contributed by atoms with Crippen molar-refractivity contribution >= 4 is 5.97 Å². The standard InChI is InChI=1S/C13H12O4/c1-7(14)17-13-5-4-8(6-13)11-9(15)2-3-10(16)12(11)13/h2-5,8,15-16H,6H2,1H3/t8-,13+/m1/s1. The van der Waals surface area contributed by atoms with Crippen LogP contribution in [0.25, 0.3) is 0 Å². The Morgan fingerprint density at radius 3 is 2.82 bits per heavy atom. The lowest BCUT2D eigenvalue weighted by molar-refractivity contribution is -0.152. The van der Waals surface area contributed by atoms with Gasteiger partial charge in [-0.2, -0.15) is 0 Å². The Bertz CT molecular complexity index is 547. The van der Waals surface area contributed by atoms with Gasteiger partial charge in [0.25, 0.3) is 0 Å². The maximum Gasteiger partial charge on any atom is 0.303 e. The first kappa shape index (κ1) is 10.2. The van der Waals surface area contributed by atoms with Gasteiger partial charge in [0.1, 0.15) is 11.5 Å². The van der Waals surface area contributed by atoms with E-state index in [0.717, 1.165) is 0 Å². The molecule has 1 aromatic carbocycles. The number of fused-ring (bicyclic) bond motifs is 5. The van der Waals surface area contributed by atoms with Crippen LogP contribution in [0.4, 0.5) is 0 Å². The molecule has 0 aromatic heterocycles. The largest absolute Gasteiger partial charge is 0.508 e. The summed E-state index contributed by atoms with van der Waals surface area (Å²) in [5.41, 5.74) is 0.309. The normalized spacial score (nSPS) is 28.2. The third kappa shape index (κ3) is 1.21. The second kappa shape index (κ2) is 3.03. The van der Waals surface area contributed by atoms with E-state index in [4.69, 9.17) is 4.74 Å². The smallest absolute Gasteiger partial charge is 0.303 e. The van der Waals surface area contributed by atoms with Gasteiger partial charge in [-0.3, -0.25) is 4.79 Å². The van der Waals surface area contributed by atoms with Crippen molar-refractivity contribution in [3.8, 4) is 11.5 Å². The van der Waals surface area contributed by atoms with Crippen LogP contribution in [0.1, 0.15) is 30.4 Å². The Morgan fingerprint density at radius 2 is 2.12 bits per heavy atom. The van der Waals surface area contributed by atoms with Gasteiger partial charge in [-0.05, 0) is 18.2 Å². The summed E-state index contributed by atoms with van der Waals surface area (Å²) in [5, 5.41) is 19.8. The van der Waals surface area contributed by atoms with E-state index < -0.39 is 11.6 Å². The van der Waals surface area contributed by atoms with Crippen molar-refractivity contribution in [3.63, 3.8) is 0 Å². The molecule has 4 heteroatoms. The average molecular weight is 232 g/mol. The topological polar surface area (TPSA) is 66.8 Å². The molecule has 0 radical (unpaired) electrons. The molecule has 2 bridgehead atoms. The minimum absolute atomic E-state index is 0.0106. The summed E-state index contributed by atoms with van der Waals surface area (Å²) in [7, 11) is 0. The molecule has 0 saturated carbocycles. The van der Waals surface area contributed by atoms with Crippen LogP contribution in [0.15, 0.2) is 24.3 Å². The van der Waals surface area contributed by atoms with Crippen LogP contribution >= 0.6 is 0 Å². The van der Waals surface area contributed by atoms with Crippen LogP contribution in [0.2, 0.25) is 0 Å². The summed E-state index contributed by atoms with van der Waals surface area (Å²) in [6.45, 7) is 1.34. The minimum atomic E-state index is -0.894. The van der Waals surface area contributed by atoms with Crippen LogP contribution in [0, 0.1) is 0 Å². The van der Waals surface area contributed by atoms with Crippen LogP contribution in [-0.2, 0) is 15.1 Å². The summed E-state index contributed by atoms with van der Waals surface area (Å²) in [6, 6.07) is 2.89. The van der Waals surface area contributed by atoms with E-state index in [1.807, 2.05) is 6.08 Å². The molecule has 0 spiro atoms. The molecule has 0 amide bonds. The summed E-state index contributed by atoms with van der Waals surface area (Å²) in [4.78, 5) is 11.2. The number of aromatic hydroxyl groups is 2. The molecule has 88 valence electrons. The maximum atomic E-state index is 11.2. The molecule has 0 fully saturated rings. The maximum absolute atomic E-state index is 11.2. The van der Waals surface area contributed by atoms with Crippen molar-refractivity contribution in [2.75, 3.05) is 0 Å². The number of benzene rings is 1. The van der Waals surface area contributed by atoms with E-state index >= 15 is 0 Å². The van der Waals surface area contributed by atoms with E-state index in [1.54, 1.807) is 6.08 Å². The highest BCUT2D eigenvalue weighted by atomic mass is 16.6. The molecular formula is C13H12O4. The lowest BCUT2D eigenvalue weighted by Crippen LogP contribution is -2.25. The number of rotatable bonds is 1. The predicted molar refractivity (Wildman–Crippen MR) is 59.7 cm³/mol. The number of hydrogen-bond acceptors (Lipinski definition) is 4. The second-order valence-electron chi connectivity index (χ2n) is 4.55. The first-order valence-corrected chi connectivity index (χ1v) is 5.48. The molecule has 4 nitrogen and oxygen atoms in total. The number of esters is 1. The molecule has 1 aromatic rings. The summed E-state index contributed by atoms with van der Waals surface area (Å²) < 4.78 is 5.36. The Balaban J connectivity index is 2.22. The molecule has 0 aliphatic heterocycles. The quantitative estimate of drug-likeness (QED) is 0.441. The summed E-state index contributed by atoms with van der Waals surface area (Å²) in [5.74, 6) is -0.186. The van der Waals surface area contributed by atoms with Gasteiger partial charge >= 0.3 is 5.97 Å². The van der Waals surface area contributed by atoms with Crippen molar-refractivity contribution in [1.29, 1.82) is 0 Å². The van der Waals surface area contributed by atoms with Gasteiger partial charge in [0.05, 0.1) is 0 Å². The Hall–Kier alpha value is -1.97. The number of carbonyl (C=O) groups is 1. The highest BCUT2D eigenvalue weighted by molar-refractivity contribution is 5.70. The van der Waals surface area contributed by atoms with Crippen molar-refractivity contribution in [2.24, 2.45) is 0 Å². The Morgan fingerprint density at radius 1 is 1.41 bits per heavy atom. The molecule has 2 aliphatic carbocycles. The van der Waals surface area contributed by atoms with E-state index in [-0.39, 0.29) is 17.4 Å². The van der Waals surface area contributed by atoms with Crippen LogP contribution in [-0.4, -0.2) is 16.2 Å². The lowest BCUT2D eigenvalue weighted by atomic mass is 9.92. The van der Waals surface area contributed by atoms with Crippen LogP contribution in [0.5, 0.6) is 11.5 Å². The fraction of sp³-hybridized carbons (Fsp3) is 0.308. The van der Waals surface area contributed by atoms with Gasteiger partial charge < -0.3 is 14.9 Å². The highest BCUT2D eigenvalue weighted by Crippen LogP contribution is 2.58. The van der Waals surface area contributed by atoms with Gasteiger partial charge in [-0.25, -0.2) is 0 Å². The Kier molecular flexibility index (Phi) is 1.82. The number of carbonyl (C=O) groups excluding carboxylic acids is 1. The third-order valence-corrected chi connectivity index (χ3v) is 3.44. The zero-order valence-electron chi connectivity index (χ0n) is 9.30. The first-order valence-electron chi connectivity index (χ1n) is 5.48. The van der Waals surface area contributed by atoms with Gasteiger partial charge in [0.2, 0.25) is 0 Å². The molecule has 2 aliphatic rings. The number of hydrogen-bond donors (Lipinski definition) is 2. The van der Waals surface area contributed by atoms with Crippen molar-refractivity contribution in [3.05, 3.63) is 35.4 Å². The van der Waals surface area contributed by atoms with E-state index in [9.17, 15) is 15.0 Å². The zero-order valence-corrected chi connectivity index (χ0v) is 9.30. The average Bonchev–Trinajstić information content (AvgIpc) is 2.78. The first-order chi connectivity index (χ1) is 8.03. The van der Waals surface area contributed by atoms with Crippen molar-refractivity contribution in [1.82, 2.24) is 0 Å². The lowest BCUT2D eigenvalue weighted by Gasteiger charge is -2.26. The van der Waals surface area contributed by atoms with E-state index in [2.05, 4.69) is 0 Å². The highest BCUT2D eigenvalue weighted by Gasteiger charge is 2.51. The second-order valence-corrected chi connectivity index (χ2v) is 4.55. The predicted octanol–water partition coefficient (Wildman–Crippen LogP) is 1.91. The molecular weight excluding hydrogens is 220 g/mol. The number of allylic oxidation sites excluding steroid dienone is 1. The molecule has 2 atom stereocenters. The van der Waals surface area contributed by atoms with Gasteiger partial charge in [-0.1, -0.05) is 6.08 Å². The fourth-order valence-electron chi connectivity index (χ4n) is 2.92. The zero-order chi connectivity index (χ0) is 12.2. The summed E-state index contributed by atoms with van der Waals surface area (Å²) >= 11 is 0. The van der Waals surface area contributed by atoms with Gasteiger partial charge in [0, 0.05) is 30.4 Å². The van der Waals surface area contributed by atoms with E-state index in [0.29, 0.717) is 17.5 Å². The van der Waals surface area contributed by atoms with Gasteiger partial charge in [0.15, 0.2) is 5.60 Å². The fourth-order valence-corrected chi connectivity index (χ4v) is 2.92. The number of phenols is 2. The third-order valence-electron chi connectivity index (χ3n) is 3.44. The number of phenolic OH excluding ortho intramolecular Hbond substituents is 2. The minimum Gasteiger partial charge on any atom is -0.508 e. The van der Waals surface area contributed by atoms with Crippen molar-refractivity contribution in [2.45, 2.75) is 24.9 Å². The molecule has 0 unspecified atom stereocenters. The SMILES string of the molecule is CC(=O)O[C@@]12C=C[C@H](C1)c1c(O)ccc(O)c12. The molecule has 3 rings (SSSR count). The molecule has 0 saturated heterocycles. The van der Waals surface area contributed by atoms with Crippen LogP contribution < -0.4 is 0 Å². The van der Waals surface area contributed by atoms with Crippen molar-refractivity contribution < 1.29 is 19.7 Å². The number of ether oxygens (including phenoxy) is 1. The monoisotopic (exact) mass is 232 g/mol. The van der Waals surface area contributed by atoms with Gasteiger partial charge in [-0.15, -0.1) is 0 Å². The van der Waals surface area contributed by atoms with E-state index in [1.165, 1.54) is 19.1 Å². The summed E-state index contributed by atoms with van der Waals surface area (Å²) in [6.07, 6.45) is 4.26.